The highest BCUT2D eigenvalue weighted by Gasteiger charge is 2.15. The van der Waals surface area contributed by atoms with Gasteiger partial charge in [0.25, 0.3) is 0 Å². The Morgan fingerprint density at radius 2 is 2.13 bits per heavy atom. The lowest BCUT2D eigenvalue weighted by Gasteiger charge is -2.20. The number of rotatable bonds is 2. The van der Waals surface area contributed by atoms with Crippen LogP contribution in [0.15, 0.2) is 4.79 Å². The van der Waals surface area contributed by atoms with E-state index in [0.29, 0.717) is 11.7 Å². The molecule has 15 heavy (non-hydrogen) atoms. The first kappa shape index (κ1) is 10.5. The van der Waals surface area contributed by atoms with Gasteiger partial charge in [-0.2, -0.15) is 21.7 Å². The third-order valence-corrected chi connectivity index (χ3v) is 3.59. The van der Waals surface area contributed by atoms with Crippen LogP contribution in [0.2, 0.25) is 0 Å². The Kier molecular flexibility index (Phi) is 3.25. The van der Waals surface area contributed by atoms with Crippen molar-refractivity contribution < 1.29 is 0 Å². The molecule has 0 aromatic carbocycles. The molecule has 6 heteroatoms. The van der Waals surface area contributed by atoms with Gasteiger partial charge in [-0.1, -0.05) is 0 Å². The SMILES string of the molecule is Nc1nc(CC2CCSCC2)[nH]c(=O)n1. The third kappa shape index (κ3) is 2.95. The summed E-state index contributed by atoms with van der Waals surface area (Å²) in [4.78, 5) is 21.2. The molecule has 0 aliphatic carbocycles. The van der Waals surface area contributed by atoms with E-state index in [9.17, 15) is 4.79 Å². The quantitative estimate of drug-likeness (QED) is 0.764. The van der Waals surface area contributed by atoms with E-state index >= 15 is 0 Å². The minimum atomic E-state index is -0.400. The van der Waals surface area contributed by atoms with Crippen LogP contribution in [0, 0.1) is 5.92 Å². The molecule has 82 valence electrons. The first-order valence-electron chi connectivity index (χ1n) is 5.04. The molecule has 0 unspecified atom stereocenters. The predicted octanol–water partition coefficient (Wildman–Crippen LogP) is 0.433. The lowest BCUT2D eigenvalue weighted by molar-refractivity contribution is 0.474. The molecule has 2 heterocycles. The number of nitrogens with one attached hydrogen (secondary N) is 1. The molecule has 3 N–H and O–H groups in total. The molecule has 0 amide bonds. The number of aromatic nitrogens is 3. The van der Waals surface area contributed by atoms with Gasteiger partial charge in [0.1, 0.15) is 5.82 Å². The lowest BCUT2D eigenvalue weighted by Crippen LogP contribution is -2.21. The molecule has 1 aromatic rings. The molecular formula is C9H14N4OS. The maximum absolute atomic E-state index is 11.1. The number of nitrogens with two attached hydrogens (primary N) is 1. The number of nitrogen functional groups attached to an aromatic ring is 1. The summed E-state index contributed by atoms with van der Waals surface area (Å²) in [6.07, 6.45) is 3.19. The van der Waals surface area contributed by atoms with Gasteiger partial charge < -0.3 is 5.73 Å². The molecule has 1 fully saturated rings. The Balaban J connectivity index is 2.06. The van der Waals surface area contributed by atoms with E-state index in [1.807, 2.05) is 11.8 Å². The highest BCUT2D eigenvalue weighted by Crippen LogP contribution is 2.24. The second kappa shape index (κ2) is 4.65. The highest BCUT2D eigenvalue weighted by molar-refractivity contribution is 7.99. The van der Waals surface area contributed by atoms with Crippen LogP contribution in [0.25, 0.3) is 0 Å². The molecule has 5 nitrogen and oxygen atoms in total. The predicted molar refractivity (Wildman–Crippen MR) is 60.8 cm³/mol. The van der Waals surface area contributed by atoms with Crippen LogP contribution in [0.1, 0.15) is 18.7 Å². The number of hydrogen-bond donors (Lipinski definition) is 2. The number of aromatic amines is 1. The van der Waals surface area contributed by atoms with Gasteiger partial charge in [-0.05, 0) is 30.3 Å². The minimum Gasteiger partial charge on any atom is -0.368 e. The molecular weight excluding hydrogens is 212 g/mol. The van der Waals surface area contributed by atoms with Crippen LogP contribution in [0.5, 0.6) is 0 Å². The van der Waals surface area contributed by atoms with E-state index in [4.69, 9.17) is 5.73 Å². The van der Waals surface area contributed by atoms with Gasteiger partial charge in [0.05, 0.1) is 0 Å². The fourth-order valence-electron chi connectivity index (χ4n) is 1.77. The van der Waals surface area contributed by atoms with Gasteiger partial charge in [-0.25, -0.2) is 4.79 Å². The fourth-order valence-corrected chi connectivity index (χ4v) is 2.97. The zero-order valence-corrected chi connectivity index (χ0v) is 9.22. The Morgan fingerprint density at radius 1 is 1.40 bits per heavy atom. The van der Waals surface area contributed by atoms with Gasteiger partial charge >= 0.3 is 5.69 Å². The van der Waals surface area contributed by atoms with E-state index in [2.05, 4.69) is 15.0 Å². The Labute approximate surface area is 91.9 Å². The van der Waals surface area contributed by atoms with Crippen molar-refractivity contribution in [2.24, 2.45) is 5.92 Å². The number of anilines is 1. The standard InChI is InChI=1S/C9H14N4OS/c10-8-11-7(12-9(14)13-8)5-6-1-3-15-4-2-6/h6H,1-5H2,(H3,10,11,12,13,14). The summed E-state index contributed by atoms with van der Waals surface area (Å²) < 4.78 is 0. The monoisotopic (exact) mass is 226 g/mol. The second-order valence-corrected chi connectivity index (χ2v) is 4.94. The Morgan fingerprint density at radius 3 is 2.80 bits per heavy atom. The van der Waals surface area contributed by atoms with E-state index in [0.717, 1.165) is 6.42 Å². The van der Waals surface area contributed by atoms with Crippen molar-refractivity contribution in [3.05, 3.63) is 16.3 Å². The zero-order chi connectivity index (χ0) is 10.7. The van der Waals surface area contributed by atoms with Gasteiger partial charge in [-0.3, -0.25) is 4.98 Å². The molecule has 0 bridgehead atoms. The van der Waals surface area contributed by atoms with Crippen LogP contribution in [-0.2, 0) is 6.42 Å². The molecule has 1 aromatic heterocycles. The average molecular weight is 226 g/mol. The first-order valence-corrected chi connectivity index (χ1v) is 6.20. The topological polar surface area (TPSA) is 84.7 Å². The van der Waals surface area contributed by atoms with Crippen LogP contribution in [-0.4, -0.2) is 26.5 Å². The first-order chi connectivity index (χ1) is 7.24. The zero-order valence-electron chi connectivity index (χ0n) is 8.40. The molecule has 0 saturated carbocycles. The number of hydrogen-bond acceptors (Lipinski definition) is 5. The normalized spacial score (nSPS) is 17.9. The minimum absolute atomic E-state index is 0.0685. The van der Waals surface area contributed by atoms with Crippen molar-refractivity contribution in [1.82, 2.24) is 15.0 Å². The highest BCUT2D eigenvalue weighted by atomic mass is 32.2. The molecule has 0 atom stereocenters. The number of nitrogens with zero attached hydrogens (tertiary/aromatic N) is 2. The molecule has 0 spiro atoms. The average Bonchev–Trinajstić information content (AvgIpc) is 2.17. The third-order valence-electron chi connectivity index (χ3n) is 2.54. The van der Waals surface area contributed by atoms with Gasteiger partial charge in [0, 0.05) is 6.42 Å². The summed E-state index contributed by atoms with van der Waals surface area (Å²) in [7, 11) is 0. The van der Waals surface area contributed by atoms with Crippen molar-refractivity contribution in [1.29, 1.82) is 0 Å². The molecule has 2 rings (SSSR count). The van der Waals surface area contributed by atoms with E-state index < -0.39 is 5.69 Å². The van der Waals surface area contributed by atoms with Crippen LogP contribution in [0.4, 0.5) is 5.95 Å². The largest absolute Gasteiger partial charge is 0.368 e. The fraction of sp³-hybridized carbons (Fsp3) is 0.667. The Hall–Kier alpha value is -1.04. The summed E-state index contributed by atoms with van der Waals surface area (Å²) >= 11 is 1.99. The number of thioether (sulfide) groups is 1. The summed E-state index contributed by atoms with van der Waals surface area (Å²) in [5, 5.41) is 0. The van der Waals surface area contributed by atoms with E-state index in [1.54, 1.807) is 0 Å². The molecule has 1 aliphatic rings. The lowest BCUT2D eigenvalue weighted by atomic mass is 9.99. The molecule has 0 radical (unpaired) electrons. The van der Waals surface area contributed by atoms with Gasteiger partial charge in [0.2, 0.25) is 5.95 Å². The van der Waals surface area contributed by atoms with Crippen LogP contribution >= 0.6 is 11.8 Å². The van der Waals surface area contributed by atoms with E-state index in [-0.39, 0.29) is 5.95 Å². The maximum Gasteiger partial charge on any atom is 0.349 e. The summed E-state index contributed by atoms with van der Waals surface area (Å²) in [5.41, 5.74) is 5.02. The van der Waals surface area contributed by atoms with Gasteiger partial charge in [-0.15, -0.1) is 0 Å². The summed E-state index contributed by atoms with van der Waals surface area (Å²) in [6.45, 7) is 0. The van der Waals surface area contributed by atoms with Crippen molar-refractivity contribution in [3.63, 3.8) is 0 Å². The summed E-state index contributed by atoms with van der Waals surface area (Å²) in [6, 6.07) is 0. The van der Waals surface area contributed by atoms with Crippen molar-refractivity contribution in [2.45, 2.75) is 19.3 Å². The van der Waals surface area contributed by atoms with Crippen molar-refractivity contribution in [3.8, 4) is 0 Å². The molecule has 1 saturated heterocycles. The number of H-pyrrole nitrogens is 1. The second-order valence-electron chi connectivity index (χ2n) is 3.72. The Bertz CT molecular complexity index is 386. The smallest absolute Gasteiger partial charge is 0.349 e. The van der Waals surface area contributed by atoms with Gasteiger partial charge in [0.15, 0.2) is 0 Å². The molecule has 1 aliphatic heterocycles. The maximum atomic E-state index is 11.1. The van der Waals surface area contributed by atoms with Crippen molar-refractivity contribution in [2.75, 3.05) is 17.2 Å². The van der Waals surface area contributed by atoms with Crippen molar-refractivity contribution >= 4 is 17.7 Å². The summed E-state index contributed by atoms with van der Waals surface area (Å²) in [5.74, 6) is 3.77. The van der Waals surface area contributed by atoms with E-state index in [1.165, 1.54) is 24.3 Å². The van der Waals surface area contributed by atoms with Crippen LogP contribution < -0.4 is 11.4 Å². The van der Waals surface area contributed by atoms with Crippen LogP contribution in [0.3, 0.4) is 0 Å².